The molecule has 0 spiro atoms. The van der Waals surface area contributed by atoms with Gasteiger partial charge < -0.3 is 10.5 Å². The van der Waals surface area contributed by atoms with Crippen molar-refractivity contribution in [2.75, 3.05) is 12.3 Å². The van der Waals surface area contributed by atoms with Crippen molar-refractivity contribution in [1.29, 1.82) is 0 Å². The van der Waals surface area contributed by atoms with Crippen molar-refractivity contribution in [1.82, 2.24) is 0 Å². The van der Waals surface area contributed by atoms with Crippen molar-refractivity contribution in [2.24, 2.45) is 0 Å². The maximum absolute atomic E-state index is 11.7. The van der Waals surface area contributed by atoms with Crippen molar-refractivity contribution in [3.05, 3.63) is 28.6 Å². The largest absolute Gasteiger partial charge is 0.462 e. The minimum absolute atomic E-state index is 0.0337. The number of thiophene rings is 2. The molecule has 6 heteroatoms. The first-order chi connectivity index (χ1) is 9.02. The molecule has 2 N–H and O–H groups in total. The third kappa shape index (κ3) is 2.85. The van der Waals surface area contributed by atoms with Crippen LogP contribution in [-0.4, -0.2) is 18.4 Å². The highest BCUT2D eigenvalue weighted by Gasteiger charge is 2.17. The molecule has 0 radical (unpaired) electrons. The molecule has 0 aliphatic rings. The van der Waals surface area contributed by atoms with E-state index in [2.05, 4.69) is 0 Å². The van der Waals surface area contributed by atoms with Crippen molar-refractivity contribution in [2.45, 2.75) is 13.8 Å². The summed E-state index contributed by atoms with van der Waals surface area (Å²) in [6.45, 7) is 3.60. The quantitative estimate of drug-likeness (QED) is 0.693. The van der Waals surface area contributed by atoms with Crippen LogP contribution in [0.3, 0.4) is 0 Å². The zero-order chi connectivity index (χ0) is 14.0. The van der Waals surface area contributed by atoms with E-state index >= 15 is 0 Å². The summed E-state index contributed by atoms with van der Waals surface area (Å²) in [4.78, 5) is 25.4. The van der Waals surface area contributed by atoms with Crippen LogP contribution in [0.15, 0.2) is 18.2 Å². The Kier molecular flexibility index (Phi) is 4.01. The second-order valence-electron chi connectivity index (χ2n) is 3.83. The van der Waals surface area contributed by atoms with Gasteiger partial charge in [-0.1, -0.05) is 0 Å². The lowest BCUT2D eigenvalue weighted by molar-refractivity contribution is 0.0528. The normalized spacial score (nSPS) is 10.4. The predicted octanol–water partition coefficient (Wildman–Crippen LogP) is 3.44. The van der Waals surface area contributed by atoms with E-state index in [-0.39, 0.29) is 5.78 Å². The third-order valence-electron chi connectivity index (χ3n) is 2.45. The number of hydrogen-bond acceptors (Lipinski definition) is 6. The molecule has 19 heavy (non-hydrogen) atoms. The van der Waals surface area contributed by atoms with Crippen LogP contribution in [-0.2, 0) is 4.74 Å². The third-order valence-corrected chi connectivity index (χ3v) is 4.80. The summed E-state index contributed by atoms with van der Waals surface area (Å²) in [5.74, 6) is -0.378. The van der Waals surface area contributed by atoms with Gasteiger partial charge >= 0.3 is 5.97 Å². The molecule has 0 saturated heterocycles. The fourth-order valence-electron chi connectivity index (χ4n) is 1.55. The Labute approximate surface area is 118 Å². The van der Waals surface area contributed by atoms with Crippen LogP contribution in [0.4, 0.5) is 5.00 Å². The number of ketones is 1. The van der Waals surface area contributed by atoms with Crippen LogP contribution in [0.2, 0.25) is 0 Å². The topological polar surface area (TPSA) is 69.4 Å². The zero-order valence-electron chi connectivity index (χ0n) is 10.6. The van der Waals surface area contributed by atoms with Crippen molar-refractivity contribution in [3.63, 3.8) is 0 Å². The van der Waals surface area contributed by atoms with Crippen LogP contribution in [0.25, 0.3) is 9.75 Å². The van der Waals surface area contributed by atoms with Gasteiger partial charge in [0.2, 0.25) is 0 Å². The van der Waals surface area contributed by atoms with Gasteiger partial charge in [-0.3, -0.25) is 4.79 Å². The highest BCUT2D eigenvalue weighted by atomic mass is 32.1. The molecular weight excluding hydrogens is 282 g/mol. The minimum Gasteiger partial charge on any atom is -0.462 e. The number of anilines is 1. The first-order valence-electron chi connectivity index (χ1n) is 5.70. The van der Waals surface area contributed by atoms with E-state index in [1.54, 1.807) is 19.1 Å². The molecule has 0 aliphatic carbocycles. The van der Waals surface area contributed by atoms with Gasteiger partial charge in [-0.15, -0.1) is 22.7 Å². The number of esters is 1. The SMILES string of the molecule is CCOC(=O)c1cc(-c2ccc(C(C)=O)s2)sc1N. The molecule has 0 amide bonds. The second-order valence-corrected chi connectivity index (χ2v) is 6.00. The lowest BCUT2D eigenvalue weighted by atomic mass is 10.2. The summed E-state index contributed by atoms with van der Waals surface area (Å²) in [5, 5.41) is 0.436. The lowest BCUT2D eigenvalue weighted by Crippen LogP contribution is -2.05. The van der Waals surface area contributed by atoms with Gasteiger partial charge in [0, 0.05) is 9.75 Å². The fraction of sp³-hybridized carbons (Fsp3) is 0.231. The molecule has 0 bridgehead atoms. The molecule has 0 fully saturated rings. The molecule has 0 unspecified atom stereocenters. The molecule has 0 aliphatic heterocycles. The van der Waals surface area contributed by atoms with Crippen LogP contribution in [0.5, 0.6) is 0 Å². The van der Waals surface area contributed by atoms with Gasteiger partial charge in [0.1, 0.15) is 5.00 Å². The van der Waals surface area contributed by atoms with E-state index in [0.717, 1.165) is 9.75 Å². The molecule has 0 aromatic carbocycles. The highest BCUT2D eigenvalue weighted by Crippen LogP contribution is 2.37. The molecule has 2 rings (SSSR count). The number of Topliss-reactive ketones (excluding diaryl/α,β-unsaturated/α-hetero) is 1. The number of carbonyl (C=O) groups is 2. The number of nitrogens with two attached hydrogens (primary N) is 1. The van der Waals surface area contributed by atoms with Gasteiger partial charge in [-0.2, -0.15) is 0 Å². The highest BCUT2D eigenvalue weighted by molar-refractivity contribution is 7.25. The van der Waals surface area contributed by atoms with E-state index in [1.165, 1.54) is 29.6 Å². The average Bonchev–Trinajstić information content (AvgIpc) is 2.95. The van der Waals surface area contributed by atoms with E-state index in [0.29, 0.717) is 22.0 Å². The maximum Gasteiger partial charge on any atom is 0.341 e. The molecule has 2 heterocycles. The number of nitrogen functional groups attached to an aromatic ring is 1. The summed E-state index contributed by atoms with van der Waals surface area (Å²) >= 11 is 2.72. The Morgan fingerprint density at radius 2 is 2.00 bits per heavy atom. The lowest BCUT2D eigenvalue weighted by Gasteiger charge is -1.98. The van der Waals surface area contributed by atoms with Crippen molar-refractivity contribution < 1.29 is 14.3 Å². The maximum atomic E-state index is 11.7. The second kappa shape index (κ2) is 5.54. The van der Waals surface area contributed by atoms with E-state index < -0.39 is 5.97 Å². The van der Waals surface area contributed by atoms with Gasteiger partial charge in [0.05, 0.1) is 17.0 Å². The Hall–Kier alpha value is -1.66. The van der Waals surface area contributed by atoms with E-state index in [1.807, 2.05) is 6.07 Å². The molecule has 100 valence electrons. The Bertz CT molecular complexity index is 628. The van der Waals surface area contributed by atoms with Crippen LogP contribution in [0, 0.1) is 0 Å². The molecule has 2 aromatic heterocycles. The van der Waals surface area contributed by atoms with Crippen LogP contribution < -0.4 is 5.73 Å². The average molecular weight is 295 g/mol. The van der Waals surface area contributed by atoms with E-state index in [4.69, 9.17) is 10.5 Å². The standard InChI is InChI=1S/C13H13NO3S2/c1-3-17-13(16)8-6-11(19-12(8)14)10-5-4-9(18-10)7(2)15/h4-6H,3,14H2,1-2H3. The van der Waals surface area contributed by atoms with Gasteiger partial charge in [-0.05, 0) is 32.0 Å². The monoisotopic (exact) mass is 295 g/mol. The molecule has 4 nitrogen and oxygen atoms in total. The molecule has 2 aromatic rings. The summed E-state index contributed by atoms with van der Waals surface area (Å²) in [5.41, 5.74) is 6.22. The molecule has 0 saturated carbocycles. The fourth-order valence-corrected chi connectivity index (χ4v) is 3.45. The smallest absolute Gasteiger partial charge is 0.341 e. The van der Waals surface area contributed by atoms with Gasteiger partial charge in [0.25, 0.3) is 0 Å². The zero-order valence-corrected chi connectivity index (χ0v) is 12.2. The van der Waals surface area contributed by atoms with Gasteiger partial charge in [-0.25, -0.2) is 4.79 Å². The first-order valence-corrected chi connectivity index (χ1v) is 7.33. The molecular formula is C13H13NO3S2. The van der Waals surface area contributed by atoms with Crippen LogP contribution in [0.1, 0.15) is 33.9 Å². The first kappa shape index (κ1) is 13.8. The summed E-state index contributed by atoms with van der Waals surface area (Å²) in [6, 6.07) is 5.36. The number of hydrogen-bond donors (Lipinski definition) is 1. The van der Waals surface area contributed by atoms with Crippen molar-refractivity contribution in [3.8, 4) is 9.75 Å². The molecule has 0 atom stereocenters. The van der Waals surface area contributed by atoms with Crippen LogP contribution >= 0.6 is 22.7 Å². The summed E-state index contributed by atoms with van der Waals surface area (Å²) < 4.78 is 4.94. The number of ether oxygens (including phenoxy) is 1. The van der Waals surface area contributed by atoms with Crippen molar-refractivity contribution >= 4 is 39.4 Å². The number of rotatable bonds is 4. The Morgan fingerprint density at radius 1 is 1.26 bits per heavy atom. The predicted molar refractivity (Wildman–Crippen MR) is 78.0 cm³/mol. The summed E-state index contributed by atoms with van der Waals surface area (Å²) in [7, 11) is 0. The summed E-state index contributed by atoms with van der Waals surface area (Å²) in [6.07, 6.45) is 0. The minimum atomic E-state index is -0.411. The van der Waals surface area contributed by atoms with Gasteiger partial charge in [0.15, 0.2) is 5.78 Å². The Morgan fingerprint density at radius 3 is 2.58 bits per heavy atom. The number of carbonyl (C=O) groups excluding carboxylic acids is 2. The van der Waals surface area contributed by atoms with E-state index in [9.17, 15) is 9.59 Å². The Balaban J connectivity index is 2.33.